The maximum absolute atomic E-state index is 15.5. The van der Waals surface area contributed by atoms with Gasteiger partial charge in [-0.15, -0.1) is 0 Å². The number of hydrogen-bond donors (Lipinski definition) is 6. The molecule has 0 spiro atoms. The Hall–Kier alpha value is -4.46. The lowest BCUT2D eigenvalue weighted by Gasteiger charge is -2.37. The van der Waals surface area contributed by atoms with Crippen LogP contribution < -0.4 is 37.4 Å². The smallest absolute Gasteiger partial charge is 0.267 e. The lowest BCUT2D eigenvalue weighted by Crippen LogP contribution is -2.58. The van der Waals surface area contributed by atoms with Gasteiger partial charge in [0.1, 0.15) is 23.9 Å². The molecule has 1 aromatic heterocycles. The maximum atomic E-state index is 15.5. The van der Waals surface area contributed by atoms with Gasteiger partial charge in [0.05, 0.1) is 54.0 Å². The van der Waals surface area contributed by atoms with Crippen molar-refractivity contribution in [2.45, 2.75) is 134 Å². The Morgan fingerprint density at radius 3 is 2.15 bits per heavy atom. The summed E-state index contributed by atoms with van der Waals surface area (Å²) >= 11 is 0. The van der Waals surface area contributed by atoms with Crippen molar-refractivity contribution in [1.82, 2.24) is 45.9 Å². The van der Waals surface area contributed by atoms with Crippen molar-refractivity contribution in [2.75, 3.05) is 27.2 Å². The second kappa shape index (κ2) is 18.3. The minimum atomic E-state index is -3.29. The van der Waals surface area contributed by atoms with Crippen molar-refractivity contribution >= 4 is 29.5 Å². The summed E-state index contributed by atoms with van der Waals surface area (Å²) in [5.41, 5.74) is 1.60. The monoisotopic (exact) mass is 879 g/mol. The van der Waals surface area contributed by atoms with Crippen molar-refractivity contribution in [2.24, 2.45) is 11.8 Å². The molecule has 6 N–H and O–H groups in total. The van der Waals surface area contributed by atoms with Gasteiger partial charge in [0, 0.05) is 37.9 Å². The predicted molar refractivity (Wildman–Crippen MR) is 221 cm³/mol. The molecule has 342 valence electrons. The van der Waals surface area contributed by atoms with E-state index in [1.165, 1.54) is 35.3 Å². The highest BCUT2D eigenvalue weighted by Crippen LogP contribution is 2.41. The Bertz CT molecular complexity index is 2170. The lowest BCUT2D eigenvalue weighted by molar-refractivity contribution is -0.139. The van der Waals surface area contributed by atoms with Gasteiger partial charge in [-0.05, 0) is 81.6 Å². The minimum absolute atomic E-state index is 0.144. The average Bonchev–Trinajstić information content (AvgIpc) is 3.92. The van der Waals surface area contributed by atoms with Crippen molar-refractivity contribution in [1.29, 1.82) is 0 Å². The third-order valence-electron chi connectivity index (χ3n) is 12.6. The number of amides is 3. The van der Waals surface area contributed by atoms with Crippen molar-refractivity contribution in [3.8, 4) is 0 Å². The van der Waals surface area contributed by atoms with Crippen LogP contribution in [-0.4, -0.2) is 130 Å². The van der Waals surface area contributed by atoms with Gasteiger partial charge >= 0.3 is 0 Å². The number of carbonyl (C=O) groups excluding carboxylic acids is 3. The summed E-state index contributed by atoms with van der Waals surface area (Å²) in [6.07, 6.45) is 3.40. The van der Waals surface area contributed by atoms with Crippen molar-refractivity contribution in [3.63, 3.8) is 0 Å². The van der Waals surface area contributed by atoms with E-state index in [0.29, 0.717) is 16.5 Å². The van der Waals surface area contributed by atoms with Crippen LogP contribution in [0.3, 0.4) is 0 Å². The number of aliphatic hydroxyl groups excluding tert-OH is 1. The molecule has 13 nitrogen and oxygen atoms in total. The van der Waals surface area contributed by atoms with Gasteiger partial charge in [-0.25, -0.2) is 31.3 Å². The molecule has 3 aliphatic heterocycles. The fourth-order valence-electron chi connectivity index (χ4n) is 8.89. The molecule has 5 aliphatic rings. The highest BCUT2D eigenvalue weighted by molar-refractivity contribution is 5.90. The second-order valence-corrected chi connectivity index (χ2v) is 17.9. The molecule has 1 aromatic rings. The van der Waals surface area contributed by atoms with Crippen LogP contribution in [0.25, 0.3) is 11.8 Å². The Morgan fingerprint density at radius 1 is 0.887 bits per heavy atom. The van der Waals surface area contributed by atoms with Gasteiger partial charge in [-0.2, -0.15) is 0 Å². The zero-order valence-corrected chi connectivity index (χ0v) is 36.3. The van der Waals surface area contributed by atoms with Crippen LogP contribution in [-0.2, 0) is 27.3 Å². The zero-order chi connectivity index (χ0) is 45.6. The van der Waals surface area contributed by atoms with E-state index in [1.54, 1.807) is 60.2 Å². The summed E-state index contributed by atoms with van der Waals surface area (Å²) in [6.45, 7) is 8.20. The molecular weight excluding hydrogens is 821 g/mol. The van der Waals surface area contributed by atoms with E-state index in [2.05, 4.69) is 26.6 Å². The molecule has 4 heterocycles. The molecule has 0 bridgehead atoms. The first-order valence-electron chi connectivity index (χ1n) is 21.2. The van der Waals surface area contributed by atoms with Crippen LogP contribution in [0.4, 0.5) is 26.3 Å². The number of nitrogens with one attached hydrogen (secondary N) is 5. The summed E-state index contributed by atoms with van der Waals surface area (Å²) in [6, 6.07) is -6.31. The van der Waals surface area contributed by atoms with E-state index in [9.17, 15) is 28.3 Å². The molecule has 0 saturated carbocycles. The van der Waals surface area contributed by atoms with Crippen LogP contribution in [0.2, 0.25) is 0 Å². The minimum Gasteiger partial charge on any atom is -0.376 e. The number of halogens is 6. The number of nitrogens with zero attached hydrogens (tertiary/aromatic N) is 4. The number of alkyl halides is 4. The molecule has 8 atom stereocenters. The van der Waals surface area contributed by atoms with E-state index in [4.69, 9.17) is 4.98 Å². The maximum Gasteiger partial charge on any atom is 0.267 e. The second-order valence-electron chi connectivity index (χ2n) is 17.9. The van der Waals surface area contributed by atoms with Gasteiger partial charge in [0.15, 0.2) is 5.48 Å². The van der Waals surface area contributed by atoms with E-state index in [-0.39, 0.29) is 42.2 Å². The van der Waals surface area contributed by atoms with Gasteiger partial charge in [0.2, 0.25) is 17.7 Å². The third kappa shape index (κ3) is 9.85. The topological polar surface area (TPSA) is 156 Å². The van der Waals surface area contributed by atoms with Crippen molar-refractivity contribution in [3.05, 3.63) is 63.6 Å². The molecule has 0 aromatic carbocycles. The zero-order valence-electron chi connectivity index (χ0n) is 36.3. The molecular formula is C43H59F6N9O4. The van der Waals surface area contributed by atoms with Gasteiger partial charge in [0.25, 0.3) is 11.8 Å². The molecule has 19 heteroatoms. The van der Waals surface area contributed by atoms with Crippen LogP contribution in [0.5, 0.6) is 0 Å². The summed E-state index contributed by atoms with van der Waals surface area (Å²) in [4.78, 5) is 47.2. The summed E-state index contributed by atoms with van der Waals surface area (Å²) in [5.74, 6) is -10.1. The highest BCUT2D eigenvalue weighted by Gasteiger charge is 2.51. The van der Waals surface area contributed by atoms with Crippen LogP contribution in [0.1, 0.15) is 66.5 Å². The number of carbonyl (C=O) groups is 3. The van der Waals surface area contributed by atoms with Gasteiger partial charge < -0.3 is 41.2 Å². The number of fused-ring (bicyclic) bond motifs is 2. The summed E-state index contributed by atoms with van der Waals surface area (Å²) < 4.78 is 93.4. The largest absolute Gasteiger partial charge is 0.376 e. The lowest BCUT2D eigenvalue weighted by atomic mass is 9.93. The molecule has 6 rings (SSSR count). The molecule has 0 radical (unpaired) electrons. The molecule has 2 unspecified atom stereocenters. The number of allylic oxidation sites excluding steroid dienone is 4. The highest BCUT2D eigenvalue weighted by atomic mass is 19.3. The molecule has 2 saturated heterocycles. The summed E-state index contributed by atoms with van der Waals surface area (Å²) in [5, 5.41) is 26.6. The quantitative estimate of drug-likeness (QED) is 0.145. The van der Waals surface area contributed by atoms with E-state index in [1.807, 2.05) is 0 Å². The first kappa shape index (κ1) is 47.0. The number of aromatic nitrogens is 2. The number of likely N-dealkylation sites (N-methyl/N-ethyl adjacent to an activating group) is 2. The Balaban J connectivity index is 1.44. The SMILES string of the molecule is CN[C@@H](C)C(=O)N[C@@H](C(C)C)C(O)N1CC(F)(F)C[C@H]1Cn1c(=C2NC3C=C(F)C=CC3=C2C[C@@H]2CC(F)(F)CN2C(=O)[C@@H](NC(=O)[C@H](C)NC)C(C)C)nc2c1=CC=C(F)C2. The number of hydrogen-bond acceptors (Lipinski definition) is 9. The Morgan fingerprint density at radius 2 is 1.52 bits per heavy atom. The Labute approximate surface area is 357 Å². The molecule has 62 heavy (non-hydrogen) atoms. The number of likely N-dealkylation sites (tertiary alicyclic amines) is 2. The van der Waals surface area contributed by atoms with Gasteiger partial charge in [-0.3, -0.25) is 19.3 Å². The third-order valence-corrected chi connectivity index (χ3v) is 12.6. The van der Waals surface area contributed by atoms with E-state index < -0.39 is 122 Å². The first-order chi connectivity index (χ1) is 29.0. The van der Waals surface area contributed by atoms with Crippen molar-refractivity contribution < 1.29 is 45.8 Å². The van der Waals surface area contributed by atoms with Crippen LogP contribution in [0, 0.1) is 11.8 Å². The first-order valence-corrected chi connectivity index (χ1v) is 21.2. The molecule has 2 aliphatic carbocycles. The number of aliphatic hydroxyl groups is 1. The number of imidazole rings is 1. The van der Waals surface area contributed by atoms with Gasteiger partial charge in [-0.1, -0.05) is 33.8 Å². The van der Waals surface area contributed by atoms with Crippen LogP contribution in [0.15, 0.2) is 47.1 Å². The standard InChI is InChI=1S/C43H59F6N9O4/c1-21(2)34(54-38(59)23(5)50-7)40(61)57-19-42(46,47)16-27(57)15-30-29-11-9-25(44)13-31(29)52-36(30)37-53-32-14-26(45)10-12-33(32)56(37)18-28-17-43(48,49)20-58(28)41(62)35(22(3)4)55-39(60)24(6)51-8/h9-13,21-24,27-28,31,34-35,41,50-52,62H,14-20H2,1-8H3,(H,54,59)(H,55,60)/t23-,24-,27+,28-,31?,34-,35-,41?/m0/s1. The normalized spacial score (nSPS) is 26.3. The Kier molecular flexibility index (Phi) is 13.9. The predicted octanol–water partition coefficient (Wildman–Crippen LogP) is 2.02. The van der Waals surface area contributed by atoms with E-state index >= 15 is 17.6 Å². The fraction of sp³-hybridized carbons (Fsp3) is 0.628. The molecule has 2 fully saturated rings. The number of rotatable bonds is 15. The van der Waals surface area contributed by atoms with Crippen LogP contribution >= 0.6 is 0 Å². The average molecular weight is 880 g/mol. The fourth-order valence-corrected chi connectivity index (χ4v) is 8.89. The summed E-state index contributed by atoms with van der Waals surface area (Å²) in [7, 11) is 3.17. The molecule has 3 amide bonds. The van der Waals surface area contributed by atoms with E-state index in [0.717, 1.165) is 4.90 Å².